The highest BCUT2D eigenvalue weighted by molar-refractivity contribution is 5.83. The van der Waals surface area contributed by atoms with Crippen LogP contribution in [0.2, 0.25) is 0 Å². The van der Waals surface area contributed by atoms with Crippen molar-refractivity contribution in [3.63, 3.8) is 0 Å². The lowest BCUT2D eigenvalue weighted by Gasteiger charge is -2.26. The van der Waals surface area contributed by atoms with Gasteiger partial charge in [-0.05, 0) is 43.4 Å². The molecule has 0 radical (unpaired) electrons. The molecule has 3 unspecified atom stereocenters. The van der Waals surface area contributed by atoms with E-state index in [9.17, 15) is 4.79 Å². The van der Waals surface area contributed by atoms with E-state index in [2.05, 4.69) is 4.98 Å². The lowest BCUT2D eigenvalue weighted by atomic mass is 10.0. The van der Waals surface area contributed by atoms with Gasteiger partial charge in [0.05, 0.1) is 12.7 Å². The number of aromatic nitrogens is 1. The first kappa shape index (κ1) is 15.1. The zero-order valence-corrected chi connectivity index (χ0v) is 13.4. The zero-order chi connectivity index (χ0) is 15.7. The van der Waals surface area contributed by atoms with Crippen LogP contribution in [0, 0.1) is 11.3 Å². The highest BCUT2D eigenvalue weighted by Crippen LogP contribution is 2.58. The van der Waals surface area contributed by atoms with E-state index in [1.807, 2.05) is 17.0 Å². The molecule has 1 aliphatic carbocycles. The fraction of sp³-hybridized carbons (Fsp3) is 0.667. The summed E-state index contributed by atoms with van der Waals surface area (Å²) >= 11 is 0. The van der Waals surface area contributed by atoms with Crippen LogP contribution in [0.25, 0.3) is 0 Å². The molecule has 1 amide bonds. The Morgan fingerprint density at radius 2 is 2.22 bits per heavy atom. The van der Waals surface area contributed by atoms with Crippen LogP contribution in [0.4, 0.5) is 0 Å². The molecule has 1 aromatic rings. The molecule has 5 nitrogen and oxygen atoms in total. The Labute approximate surface area is 137 Å². The summed E-state index contributed by atoms with van der Waals surface area (Å²) in [6.45, 7) is 3.73. The van der Waals surface area contributed by atoms with E-state index in [1.54, 1.807) is 12.4 Å². The van der Waals surface area contributed by atoms with E-state index in [1.165, 1.54) is 0 Å². The van der Waals surface area contributed by atoms with Crippen molar-refractivity contribution in [1.29, 1.82) is 0 Å². The average Bonchev–Trinajstić information content (AvgIpc) is 2.94. The third kappa shape index (κ3) is 3.12. The van der Waals surface area contributed by atoms with Crippen molar-refractivity contribution in [3.05, 3.63) is 30.1 Å². The molecule has 3 atom stereocenters. The minimum atomic E-state index is 0.143. The molecular formula is C18H24N2O3. The minimum Gasteiger partial charge on any atom is -0.381 e. The predicted octanol–water partition coefficient (Wildman–Crippen LogP) is 2.02. The molecule has 0 bridgehead atoms. The number of carbonyl (C=O) groups excluding carboxylic acids is 1. The highest BCUT2D eigenvalue weighted by atomic mass is 16.5. The number of amides is 1. The Bertz CT molecular complexity index is 551. The number of nitrogens with zero attached hydrogens (tertiary/aromatic N) is 2. The van der Waals surface area contributed by atoms with Gasteiger partial charge in [-0.25, -0.2) is 0 Å². The van der Waals surface area contributed by atoms with Crippen molar-refractivity contribution in [2.24, 2.45) is 11.3 Å². The summed E-state index contributed by atoms with van der Waals surface area (Å²) < 4.78 is 11.3. The van der Waals surface area contributed by atoms with E-state index in [0.29, 0.717) is 13.1 Å². The van der Waals surface area contributed by atoms with Gasteiger partial charge in [0, 0.05) is 50.0 Å². The van der Waals surface area contributed by atoms with Gasteiger partial charge in [-0.3, -0.25) is 9.78 Å². The van der Waals surface area contributed by atoms with Crippen molar-refractivity contribution in [3.8, 4) is 0 Å². The molecule has 4 rings (SSSR count). The Morgan fingerprint density at radius 3 is 2.91 bits per heavy atom. The molecule has 23 heavy (non-hydrogen) atoms. The van der Waals surface area contributed by atoms with E-state index in [0.717, 1.165) is 51.1 Å². The predicted molar refractivity (Wildman–Crippen MR) is 84.6 cm³/mol. The second-order valence-electron chi connectivity index (χ2n) is 7.13. The zero-order valence-electron chi connectivity index (χ0n) is 13.4. The van der Waals surface area contributed by atoms with Gasteiger partial charge < -0.3 is 14.4 Å². The van der Waals surface area contributed by atoms with Crippen LogP contribution < -0.4 is 0 Å². The summed E-state index contributed by atoms with van der Waals surface area (Å²) in [5, 5.41) is 0. The van der Waals surface area contributed by atoms with Gasteiger partial charge >= 0.3 is 0 Å². The first-order chi connectivity index (χ1) is 11.3. The maximum Gasteiger partial charge on any atom is 0.226 e. The fourth-order valence-corrected chi connectivity index (χ4v) is 3.95. The van der Waals surface area contributed by atoms with Gasteiger partial charge in [-0.2, -0.15) is 0 Å². The van der Waals surface area contributed by atoms with Gasteiger partial charge in [0.25, 0.3) is 0 Å². The molecule has 2 saturated heterocycles. The molecule has 3 heterocycles. The van der Waals surface area contributed by atoms with Crippen LogP contribution in [0.15, 0.2) is 24.5 Å². The maximum absolute atomic E-state index is 13.1. The first-order valence-electron chi connectivity index (χ1n) is 8.64. The van der Waals surface area contributed by atoms with E-state index < -0.39 is 0 Å². The smallest absolute Gasteiger partial charge is 0.226 e. The van der Waals surface area contributed by atoms with Gasteiger partial charge in [-0.15, -0.1) is 0 Å². The topological polar surface area (TPSA) is 51.7 Å². The summed E-state index contributed by atoms with van der Waals surface area (Å²) in [7, 11) is 0. The second-order valence-corrected chi connectivity index (χ2v) is 7.13. The Kier molecular flexibility index (Phi) is 4.07. The van der Waals surface area contributed by atoms with Gasteiger partial charge in [0.2, 0.25) is 5.91 Å². The van der Waals surface area contributed by atoms with Gasteiger partial charge in [-0.1, -0.05) is 0 Å². The molecule has 1 spiro atoms. The Balaban J connectivity index is 1.46. The molecule has 124 valence electrons. The SMILES string of the molecule is O=C(C1CC12CCOC2)N(Cc1ccncc1)CC1CCCO1. The second kappa shape index (κ2) is 6.21. The molecule has 0 aromatic carbocycles. The molecule has 1 aromatic heterocycles. The largest absolute Gasteiger partial charge is 0.381 e. The monoisotopic (exact) mass is 316 g/mol. The quantitative estimate of drug-likeness (QED) is 0.834. The van der Waals surface area contributed by atoms with Crippen LogP contribution in [0.1, 0.15) is 31.2 Å². The number of pyridine rings is 1. The van der Waals surface area contributed by atoms with Gasteiger partial charge in [0.15, 0.2) is 0 Å². The molecular weight excluding hydrogens is 292 g/mol. The van der Waals surface area contributed by atoms with Crippen LogP contribution in [0.5, 0.6) is 0 Å². The molecule has 5 heteroatoms. The normalized spacial score (nSPS) is 32.3. The van der Waals surface area contributed by atoms with E-state index in [-0.39, 0.29) is 23.3 Å². The third-order valence-electron chi connectivity index (χ3n) is 5.50. The van der Waals surface area contributed by atoms with Crippen molar-refractivity contribution in [2.75, 3.05) is 26.4 Å². The highest BCUT2D eigenvalue weighted by Gasteiger charge is 2.60. The van der Waals surface area contributed by atoms with Crippen LogP contribution in [-0.4, -0.2) is 48.3 Å². The molecule has 3 fully saturated rings. The van der Waals surface area contributed by atoms with Crippen molar-refractivity contribution < 1.29 is 14.3 Å². The third-order valence-corrected chi connectivity index (χ3v) is 5.50. The number of hydrogen-bond acceptors (Lipinski definition) is 4. The van der Waals surface area contributed by atoms with Crippen molar-refractivity contribution in [1.82, 2.24) is 9.88 Å². The summed E-state index contributed by atoms with van der Waals surface area (Å²) in [5.74, 6) is 0.427. The maximum atomic E-state index is 13.1. The lowest BCUT2D eigenvalue weighted by molar-refractivity contribution is -0.135. The summed E-state index contributed by atoms with van der Waals surface area (Å²) in [4.78, 5) is 19.1. The van der Waals surface area contributed by atoms with Gasteiger partial charge in [0.1, 0.15) is 0 Å². The van der Waals surface area contributed by atoms with Crippen molar-refractivity contribution in [2.45, 2.75) is 38.3 Å². The number of hydrogen-bond donors (Lipinski definition) is 0. The summed E-state index contributed by atoms with van der Waals surface area (Å²) in [6.07, 6.45) is 7.94. The molecule has 3 aliphatic rings. The Hall–Kier alpha value is -1.46. The molecule has 1 saturated carbocycles. The number of ether oxygens (including phenoxy) is 2. The summed E-state index contributed by atoms with van der Waals surface area (Å²) in [6, 6.07) is 3.97. The van der Waals surface area contributed by atoms with E-state index in [4.69, 9.17) is 9.47 Å². The van der Waals surface area contributed by atoms with Crippen LogP contribution >= 0.6 is 0 Å². The van der Waals surface area contributed by atoms with Crippen LogP contribution in [-0.2, 0) is 20.8 Å². The minimum absolute atomic E-state index is 0.143. The summed E-state index contributed by atoms with van der Waals surface area (Å²) in [5.41, 5.74) is 1.27. The van der Waals surface area contributed by atoms with E-state index >= 15 is 0 Å². The van der Waals surface area contributed by atoms with Crippen molar-refractivity contribution >= 4 is 5.91 Å². The molecule has 0 N–H and O–H groups in total. The molecule has 2 aliphatic heterocycles. The van der Waals surface area contributed by atoms with Crippen LogP contribution in [0.3, 0.4) is 0 Å². The first-order valence-corrected chi connectivity index (χ1v) is 8.64. The fourth-order valence-electron chi connectivity index (χ4n) is 3.95. The number of carbonyl (C=O) groups is 1. The average molecular weight is 316 g/mol. The lowest BCUT2D eigenvalue weighted by Crippen LogP contribution is -2.39. The standard InChI is InChI=1S/C18H24N2O3/c21-17(16-10-18(16)5-9-22-13-18)20(12-15-2-1-8-23-15)11-14-3-6-19-7-4-14/h3-4,6-7,15-16H,1-2,5,8-13H2. The number of rotatable bonds is 5. The Morgan fingerprint density at radius 1 is 1.35 bits per heavy atom.